The van der Waals surface area contributed by atoms with Gasteiger partial charge >= 0.3 is 10.2 Å². The standard InChI is InChI=1S/C28H42N4O5S/c1-10-24(27(34)29-28(4,5)6)31(18-22-13-15-23(37-9)16-14-22)26(33)19-32(38(35,36)30(7)8)25-17-20(2)11-12-21(25)3/h11-17,24H,10,18-19H2,1-9H3,(H,29,34)/t24-/m0/s1. The number of aryl methyl sites for hydroxylation is 2. The number of benzene rings is 2. The first-order valence-electron chi connectivity index (χ1n) is 12.6. The topological polar surface area (TPSA) is 99.3 Å². The highest BCUT2D eigenvalue weighted by molar-refractivity contribution is 7.90. The summed E-state index contributed by atoms with van der Waals surface area (Å²) in [5.74, 6) is -0.110. The van der Waals surface area contributed by atoms with Crippen LogP contribution in [0.1, 0.15) is 50.8 Å². The van der Waals surface area contributed by atoms with E-state index in [4.69, 9.17) is 4.74 Å². The van der Waals surface area contributed by atoms with Gasteiger partial charge in [-0.15, -0.1) is 0 Å². The molecule has 0 fully saturated rings. The fourth-order valence-corrected chi connectivity index (χ4v) is 5.10. The molecule has 1 N–H and O–H groups in total. The van der Waals surface area contributed by atoms with E-state index in [0.29, 0.717) is 23.4 Å². The van der Waals surface area contributed by atoms with Crippen molar-refractivity contribution >= 4 is 27.7 Å². The number of methoxy groups -OCH3 is 1. The zero-order valence-corrected chi connectivity index (χ0v) is 24.8. The maximum atomic E-state index is 14.0. The van der Waals surface area contributed by atoms with Gasteiger partial charge in [-0.2, -0.15) is 12.7 Å². The van der Waals surface area contributed by atoms with Gasteiger partial charge in [0.15, 0.2) is 0 Å². The number of carbonyl (C=O) groups excluding carboxylic acids is 2. The van der Waals surface area contributed by atoms with Gasteiger partial charge in [0.05, 0.1) is 12.8 Å². The molecule has 0 saturated heterocycles. The van der Waals surface area contributed by atoms with Crippen molar-refractivity contribution in [2.24, 2.45) is 0 Å². The Balaban J connectivity index is 2.57. The zero-order valence-electron chi connectivity index (χ0n) is 24.0. The van der Waals surface area contributed by atoms with Crippen LogP contribution in [0.15, 0.2) is 42.5 Å². The molecule has 1 atom stereocenters. The van der Waals surface area contributed by atoms with Gasteiger partial charge < -0.3 is 15.0 Å². The van der Waals surface area contributed by atoms with Crippen LogP contribution in [-0.4, -0.2) is 68.8 Å². The van der Waals surface area contributed by atoms with E-state index >= 15 is 0 Å². The van der Waals surface area contributed by atoms with Crippen molar-refractivity contribution in [1.82, 2.24) is 14.5 Å². The van der Waals surface area contributed by atoms with E-state index in [1.54, 1.807) is 32.2 Å². The molecule has 0 spiro atoms. The minimum absolute atomic E-state index is 0.127. The molecule has 2 aromatic carbocycles. The molecule has 0 aromatic heterocycles. The van der Waals surface area contributed by atoms with Crippen LogP contribution in [0, 0.1) is 13.8 Å². The van der Waals surface area contributed by atoms with Gasteiger partial charge in [-0.1, -0.05) is 31.2 Å². The second kappa shape index (κ2) is 12.6. The van der Waals surface area contributed by atoms with Crippen molar-refractivity contribution in [3.8, 4) is 5.75 Å². The molecule has 38 heavy (non-hydrogen) atoms. The average molecular weight is 547 g/mol. The molecule has 0 saturated carbocycles. The first-order chi connectivity index (χ1) is 17.6. The van der Waals surface area contributed by atoms with Crippen molar-refractivity contribution in [2.75, 3.05) is 32.1 Å². The Labute approximate surface area is 227 Å². The molecule has 2 rings (SSSR count). The number of ether oxygens (including phenoxy) is 1. The quantitative estimate of drug-likeness (QED) is 0.464. The normalized spacial score (nSPS) is 12.7. The first kappa shape index (κ1) is 31.1. The summed E-state index contributed by atoms with van der Waals surface area (Å²) < 4.78 is 34.3. The summed E-state index contributed by atoms with van der Waals surface area (Å²) in [5.41, 5.74) is 2.29. The van der Waals surface area contributed by atoms with E-state index in [1.807, 2.05) is 58.9 Å². The van der Waals surface area contributed by atoms with Crippen LogP contribution >= 0.6 is 0 Å². The number of hydrogen-bond acceptors (Lipinski definition) is 5. The lowest BCUT2D eigenvalue weighted by atomic mass is 10.1. The Kier molecular flexibility index (Phi) is 10.3. The van der Waals surface area contributed by atoms with Gasteiger partial charge in [-0.3, -0.25) is 9.59 Å². The Bertz CT molecular complexity index is 1220. The lowest BCUT2D eigenvalue weighted by molar-refractivity contribution is -0.141. The monoisotopic (exact) mass is 546 g/mol. The number of amides is 2. The van der Waals surface area contributed by atoms with Crippen LogP contribution in [0.25, 0.3) is 0 Å². The van der Waals surface area contributed by atoms with Crippen LogP contribution in [0.3, 0.4) is 0 Å². The van der Waals surface area contributed by atoms with Gasteiger partial charge in [-0.25, -0.2) is 4.31 Å². The van der Waals surface area contributed by atoms with Crippen LogP contribution in [0.5, 0.6) is 5.75 Å². The number of rotatable bonds is 11. The molecular formula is C28H42N4O5S. The summed E-state index contributed by atoms with van der Waals surface area (Å²) in [7, 11) is 0.409. The fraction of sp³-hybridized carbons (Fsp3) is 0.500. The molecule has 210 valence electrons. The summed E-state index contributed by atoms with van der Waals surface area (Å²) in [6, 6.07) is 11.9. The lowest BCUT2D eigenvalue weighted by Crippen LogP contribution is -2.55. The van der Waals surface area contributed by atoms with Crippen LogP contribution in [0.4, 0.5) is 5.69 Å². The van der Waals surface area contributed by atoms with E-state index in [9.17, 15) is 18.0 Å². The molecule has 2 aromatic rings. The van der Waals surface area contributed by atoms with Crippen molar-refractivity contribution in [3.63, 3.8) is 0 Å². The maximum absolute atomic E-state index is 14.0. The molecule has 0 aliphatic heterocycles. The Morgan fingerprint density at radius 1 is 1.03 bits per heavy atom. The Morgan fingerprint density at radius 3 is 2.13 bits per heavy atom. The molecule has 0 heterocycles. The highest BCUT2D eigenvalue weighted by Gasteiger charge is 2.35. The maximum Gasteiger partial charge on any atom is 0.304 e. The Hall–Kier alpha value is -3.11. The summed E-state index contributed by atoms with van der Waals surface area (Å²) in [6.07, 6.45) is 0.355. The van der Waals surface area contributed by atoms with E-state index in [1.165, 1.54) is 19.0 Å². The third kappa shape index (κ3) is 7.94. The first-order valence-corrected chi connectivity index (χ1v) is 14.0. The smallest absolute Gasteiger partial charge is 0.304 e. The Morgan fingerprint density at radius 2 is 1.63 bits per heavy atom. The number of nitrogens with zero attached hydrogens (tertiary/aromatic N) is 3. The number of anilines is 1. The molecule has 0 aliphatic carbocycles. The highest BCUT2D eigenvalue weighted by Crippen LogP contribution is 2.26. The molecule has 0 aliphatic rings. The molecule has 0 radical (unpaired) electrons. The molecular weight excluding hydrogens is 504 g/mol. The van der Waals surface area contributed by atoms with Crippen LogP contribution in [0.2, 0.25) is 0 Å². The van der Waals surface area contributed by atoms with Crippen LogP contribution in [-0.2, 0) is 26.3 Å². The summed E-state index contributed by atoms with van der Waals surface area (Å²) in [6.45, 7) is 10.8. The van der Waals surface area contributed by atoms with Gasteiger partial charge in [0, 0.05) is 26.2 Å². The largest absolute Gasteiger partial charge is 0.497 e. The van der Waals surface area contributed by atoms with Gasteiger partial charge in [0.25, 0.3) is 0 Å². The van der Waals surface area contributed by atoms with Crippen molar-refractivity contribution in [3.05, 3.63) is 59.2 Å². The second-order valence-corrected chi connectivity index (χ2v) is 12.7. The number of carbonyl (C=O) groups is 2. The van der Waals surface area contributed by atoms with E-state index in [0.717, 1.165) is 19.7 Å². The minimum atomic E-state index is -4.02. The van der Waals surface area contributed by atoms with E-state index in [-0.39, 0.29) is 12.5 Å². The van der Waals surface area contributed by atoms with Crippen molar-refractivity contribution in [1.29, 1.82) is 0 Å². The van der Waals surface area contributed by atoms with E-state index in [2.05, 4.69) is 5.32 Å². The number of hydrogen-bond donors (Lipinski definition) is 1. The predicted octanol–water partition coefficient (Wildman–Crippen LogP) is 3.65. The molecule has 0 bridgehead atoms. The molecule has 9 nitrogen and oxygen atoms in total. The molecule has 0 unspecified atom stereocenters. The van der Waals surface area contributed by atoms with Gasteiger partial charge in [0.2, 0.25) is 11.8 Å². The van der Waals surface area contributed by atoms with Gasteiger partial charge in [0.1, 0.15) is 18.3 Å². The minimum Gasteiger partial charge on any atom is -0.497 e. The summed E-state index contributed by atoms with van der Waals surface area (Å²) in [5, 5.41) is 2.97. The zero-order chi connectivity index (χ0) is 28.8. The van der Waals surface area contributed by atoms with Gasteiger partial charge in [-0.05, 0) is 75.9 Å². The third-order valence-corrected chi connectivity index (χ3v) is 7.85. The fourth-order valence-electron chi connectivity index (χ4n) is 3.99. The predicted molar refractivity (Wildman–Crippen MR) is 151 cm³/mol. The van der Waals surface area contributed by atoms with E-state index < -0.39 is 34.2 Å². The average Bonchev–Trinajstić information content (AvgIpc) is 2.83. The number of nitrogens with one attached hydrogen (secondary N) is 1. The summed E-state index contributed by atoms with van der Waals surface area (Å²) in [4.78, 5) is 28.8. The lowest BCUT2D eigenvalue weighted by Gasteiger charge is -2.35. The van der Waals surface area contributed by atoms with Crippen molar-refractivity contribution in [2.45, 2.75) is 66.1 Å². The molecule has 2 amide bonds. The van der Waals surface area contributed by atoms with Crippen LogP contribution < -0.4 is 14.4 Å². The highest BCUT2D eigenvalue weighted by atomic mass is 32.2. The molecule has 10 heteroatoms. The SMILES string of the molecule is CC[C@@H](C(=O)NC(C)(C)C)N(Cc1ccc(OC)cc1)C(=O)CN(c1cc(C)ccc1C)S(=O)(=O)N(C)C. The third-order valence-electron chi connectivity index (χ3n) is 6.05. The summed E-state index contributed by atoms with van der Waals surface area (Å²) >= 11 is 0. The van der Waals surface area contributed by atoms with Crippen molar-refractivity contribution < 1.29 is 22.7 Å². The second-order valence-electron chi connectivity index (χ2n) is 10.6.